The van der Waals surface area contributed by atoms with E-state index in [0.717, 1.165) is 10.8 Å². The zero-order valence-corrected chi connectivity index (χ0v) is 40.9. The molecule has 1 unspecified atom stereocenters. The van der Waals surface area contributed by atoms with E-state index in [0.29, 0.717) is 24.1 Å². The number of nitrogens with one attached hydrogen (secondary N) is 9. The number of nitrogens with two attached hydrogens (primary N) is 3. The number of carbonyl (C=O) groups is 9. The van der Waals surface area contributed by atoms with Crippen molar-refractivity contribution in [2.45, 2.75) is 120 Å². The van der Waals surface area contributed by atoms with Gasteiger partial charge in [0, 0.05) is 51.2 Å². The summed E-state index contributed by atoms with van der Waals surface area (Å²) in [4.78, 5) is 135. The molecular weight excluding hydrogens is 941 g/mol. The first kappa shape index (κ1) is 55.6. The van der Waals surface area contributed by atoms with Crippen LogP contribution in [0.15, 0.2) is 90.3 Å². The Morgan fingerprint density at radius 3 is 2.18 bits per heavy atom. The molecule has 23 heteroatoms. The second-order valence-electron chi connectivity index (χ2n) is 17.7. The number of rotatable bonds is 18. The highest BCUT2D eigenvalue weighted by atomic mass is 16.2. The molecule has 1 aliphatic rings. The molecule has 0 radical (unpaired) electrons. The molecule has 1 saturated heterocycles. The number of guanidine groups is 1. The number of H-pyrrole nitrogens is 1. The van der Waals surface area contributed by atoms with Crippen LogP contribution in [-0.4, -0.2) is 118 Å². The first-order valence-electron chi connectivity index (χ1n) is 24.2. The quantitative estimate of drug-likeness (QED) is 0.0330. The Kier molecular flexibility index (Phi) is 21.2. The zero-order valence-electron chi connectivity index (χ0n) is 40.9. The van der Waals surface area contributed by atoms with Crippen molar-refractivity contribution in [3.63, 3.8) is 0 Å². The third kappa shape index (κ3) is 17.8. The minimum absolute atomic E-state index is 0.00241. The van der Waals surface area contributed by atoms with E-state index in [1.807, 2.05) is 43.3 Å². The third-order valence-electron chi connectivity index (χ3n) is 12.0. The summed E-state index contributed by atoms with van der Waals surface area (Å²) in [5, 5.41) is 23.3. The van der Waals surface area contributed by atoms with Gasteiger partial charge in [0.15, 0.2) is 5.96 Å². The lowest BCUT2D eigenvalue weighted by Crippen LogP contribution is -2.59. The summed E-state index contributed by atoms with van der Waals surface area (Å²) in [5.74, 6) is -7.13. The SMILES string of the molecule is CCCC[C@H](NC(C)=O)C(=O)N[C@H]1CCC(=O)NCC[C@@H](C(=O)N[C@@H](Cc2ccc3ccccc3c2)C(N)=O)NC(=O)[C@H](CCCN=C(N)N)NC(=O)C(c2ccccc2)NC(=O)[C@H](Cc2cnc[nH]2)NC1=O. The Bertz CT molecular complexity index is 2590. The van der Waals surface area contributed by atoms with Gasteiger partial charge >= 0.3 is 0 Å². The van der Waals surface area contributed by atoms with Gasteiger partial charge in [-0.2, -0.15) is 0 Å². The molecule has 0 saturated carbocycles. The fourth-order valence-electron chi connectivity index (χ4n) is 8.13. The highest BCUT2D eigenvalue weighted by molar-refractivity contribution is 5.98. The smallest absolute Gasteiger partial charge is 0.247 e. The van der Waals surface area contributed by atoms with Gasteiger partial charge in [0.25, 0.3) is 0 Å². The number of benzene rings is 3. The second-order valence-corrected chi connectivity index (χ2v) is 17.7. The molecule has 2 heterocycles. The molecule has 15 N–H and O–H groups in total. The number of aliphatic imine (C=N–C) groups is 1. The van der Waals surface area contributed by atoms with Crippen LogP contribution in [0.2, 0.25) is 0 Å². The molecule has 23 nitrogen and oxygen atoms in total. The third-order valence-corrected chi connectivity index (χ3v) is 12.0. The van der Waals surface area contributed by atoms with Crippen molar-refractivity contribution < 1.29 is 43.2 Å². The minimum atomic E-state index is -1.48. The number of fused-ring (bicyclic) bond motifs is 1. The Morgan fingerprint density at radius 1 is 0.781 bits per heavy atom. The van der Waals surface area contributed by atoms with E-state index in [-0.39, 0.29) is 76.0 Å². The highest BCUT2D eigenvalue weighted by Gasteiger charge is 2.35. The Labute approximate surface area is 422 Å². The number of primary amides is 1. The molecule has 390 valence electrons. The van der Waals surface area contributed by atoms with Gasteiger partial charge in [-0.25, -0.2) is 4.98 Å². The molecule has 1 aromatic heterocycles. The fraction of sp³-hybridized carbons (Fsp3) is 0.420. The number of unbranched alkanes of at least 4 members (excludes halogenated alkanes) is 1. The van der Waals surface area contributed by atoms with Crippen molar-refractivity contribution in [1.29, 1.82) is 0 Å². The number of hydrogen-bond acceptors (Lipinski definition) is 11. The summed E-state index contributed by atoms with van der Waals surface area (Å²) in [7, 11) is 0. The van der Waals surface area contributed by atoms with E-state index in [2.05, 4.69) is 57.5 Å². The molecular formula is C50H66N14O9. The lowest BCUT2D eigenvalue weighted by Gasteiger charge is -2.28. The van der Waals surface area contributed by atoms with E-state index in [9.17, 15) is 43.2 Å². The summed E-state index contributed by atoms with van der Waals surface area (Å²) in [6.07, 6.45) is 3.31. The maximum absolute atomic E-state index is 14.6. The number of imidazole rings is 1. The van der Waals surface area contributed by atoms with Gasteiger partial charge in [-0.3, -0.25) is 48.1 Å². The van der Waals surface area contributed by atoms with Crippen LogP contribution >= 0.6 is 0 Å². The van der Waals surface area contributed by atoms with Crippen molar-refractivity contribution >= 4 is 69.9 Å². The number of aromatic nitrogens is 2. The maximum atomic E-state index is 14.6. The summed E-state index contributed by atoms with van der Waals surface area (Å²) < 4.78 is 0. The normalized spacial score (nSPS) is 20.1. The second kappa shape index (κ2) is 27.9. The first-order chi connectivity index (χ1) is 35.0. The average molecular weight is 1010 g/mol. The summed E-state index contributed by atoms with van der Waals surface area (Å²) in [5.41, 5.74) is 18.3. The number of amides is 9. The molecule has 7 atom stereocenters. The molecule has 3 aromatic carbocycles. The number of nitrogens with zero attached hydrogens (tertiary/aromatic N) is 2. The summed E-state index contributed by atoms with van der Waals surface area (Å²) >= 11 is 0. The molecule has 0 bridgehead atoms. The molecule has 0 spiro atoms. The van der Waals surface area contributed by atoms with Crippen LogP contribution < -0.4 is 59.7 Å². The Hall–Kier alpha value is -8.37. The Morgan fingerprint density at radius 2 is 1.49 bits per heavy atom. The largest absolute Gasteiger partial charge is 0.370 e. The summed E-state index contributed by atoms with van der Waals surface area (Å²) in [6.45, 7) is 2.98. The van der Waals surface area contributed by atoms with Crippen LogP contribution in [0.5, 0.6) is 0 Å². The summed E-state index contributed by atoms with van der Waals surface area (Å²) in [6, 6.07) is 11.8. The van der Waals surface area contributed by atoms with Crippen LogP contribution in [0.25, 0.3) is 10.8 Å². The van der Waals surface area contributed by atoms with Crippen LogP contribution in [0.3, 0.4) is 0 Å². The fourth-order valence-corrected chi connectivity index (χ4v) is 8.13. The predicted molar refractivity (Wildman–Crippen MR) is 270 cm³/mol. The topological polar surface area (TPSA) is 369 Å². The van der Waals surface area contributed by atoms with Crippen LogP contribution in [0, 0.1) is 0 Å². The van der Waals surface area contributed by atoms with E-state index >= 15 is 0 Å². The maximum Gasteiger partial charge on any atom is 0.247 e. The molecule has 9 amide bonds. The van der Waals surface area contributed by atoms with Crippen LogP contribution in [0.4, 0.5) is 0 Å². The van der Waals surface area contributed by atoms with Gasteiger partial charge in [-0.05, 0) is 54.0 Å². The van der Waals surface area contributed by atoms with Crippen molar-refractivity contribution in [2.24, 2.45) is 22.2 Å². The van der Waals surface area contributed by atoms with E-state index in [1.54, 1.807) is 36.4 Å². The number of carbonyl (C=O) groups excluding carboxylic acids is 9. The van der Waals surface area contributed by atoms with E-state index < -0.39 is 95.5 Å². The molecule has 0 aliphatic carbocycles. The van der Waals surface area contributed by atoms with Crippen molar-refractivity contribution in [1.82, 2.24) is 52.5 Å². The minimum Gasteiger partial charge on any atom is -0.370 e. The molecule has 4 aromatic rings. The lowest BCUT2D eigenvalue weighted by atomic mass is 10.0. The molecule has 1 fully saturated rings. The van der Waals surface area contributed by atoms with Crippen molar-refractivity contribution in [3.05, 3.63) is 102 Å². The predicted octanol–water partition coefficient (Wildman–Crippen LogP) is -0.837. The molecule has 1 aliphatic heterocycles. The van der Waals surface area contributed by atoms with Crippen molar-refractivity contribution in [3.8, 4) is 0 Å². The van der Waals surface area contributed by atoms with Gasteiger partial charge in [0.2, 0.25) is 53.2 Å². The zero-order chi connectivity index (χ0) is 52.9. The van der Waals surface area contributed by atoms with Crippen molar-refractivity contribution in [2.75, 3.05) is 13.1 Å². The van der Waals surface area contributed by atoms with Gasteiger partial charge in [-0.15, -0.1) is 0 Å². The van der Waals surface area contributed by atoms with Gasteiger partial charge < -0.3 is 64.7 Å². The highest BCUT2D eigenvalue weighted by Crippen LogP contribution is 2.18. The Balaban J connectivity index is 1.52. The number of aromatic amines is 1. The molecule has 5 rings (SSSR count). The van der Waals surface area contributed by atoms with E-state index in [4.69, 9.17) is 17.2 Å². The average Bonchev–Trinajstić information content (AvgIpc) is 3.88. The van der Waals surface area contributed by atoms with Gasteiger partial charge in [-0.1, -0.05) is 92.6 Å². The molecule has 73 heavy (non-hydrogen) atoms. The number of hydrogen-bond donors (Lipinski definition) is 12. The monoisotopic (exact) mass is 1010 g/mol. The van der Waals surface area contributed by atoms with Gasteiger partial charge in [0.05, 0.1) is 6.33 Å². The first-order valence-corrected chi connectivity index (χ1v) is 24.2. The van der Waals surface area contributed by atoms with E-state index in [1.165, 1.54) is 19.4 Å². The lowest BCUT2D eigenvalue weighted by molar-refractivity contribution is -0.136. The van der Waals surface area contributed by atoms with Crippen LogP contribution in [0.1, 0.15) is 88.1 Å². The standard InChI is InChI=1S/C50H66N14O9/c1-3-4-15-35(58-29(2)65)44(68)59-37-19-20-41(66)55-23-21-38(47(71)62-39(43(51)67)25-30-17-18-31-11-8-9-14-33(31)24-30)60-45(69)36(16-10-22-56-50(52)53)61-49(73)42(32-12-6-5-7-13-32)64-48(72)40(63-46(37)70)26-34-27-54-28-57-34/h5-9,11-14,17-18,24,27-28,35-40,42H,3-4,10,15-16,19-23,25-26H2,1-2H3,(H2,51,67)(H,54,57)(H,55,66)(H,58,65)(H,59,68)(H,60,69)(H,61,73)(H,62,71)(H,63,70)(H,64,72)(H4,52,53,56)/t35-,36-,37-,38-,39-,40-,42?/m0/s1. The van der Waals surface area contributed by atoms with Crippen LogP contribution in [-0.2, 0) is 56.0 Å². The van der Waals surface area contributed by atoms with Gasteiger partial charge in [0.1, 0.15) is 42.3 Å².